The van der Waals surface area contributed by atoms with Crippen LogP contribution in [0.5, 0.6) is 11.5 Å². The fraction of sp³-hybridized carbons (Fsp3) is 0.154. The minimum absolute atomic E-state index is 0.0735. The number of hydrogen-bond donors (Lipinski definition) is 0. The molecule has 1 aliphatic rings. The monoisotopic (exact) mass is 508 g/mol. The van der Waals surface area contributed by atoms with Gasteiger partial charge in [-0.25, -0.2) is 0 Å². The van der Waals surface area contributed by atoms with Gasteiger partial charge in [-0.05, 0) is 60.2 Å². The molecule has 1 saturated heterocycles. The number of ether oxygens (including phenoxy) is 2. The first-order valence-corrected chi connectivity index (χ1v) is 13.1. The molecule has 0 atom stereocenters. The van der Waals surface area contributed by atoms with E-state index in [1.807, 2.05) is 30.3 Å². The standard InChI is InChI=1S/C26H24N2O5S2/c1-3-28-25(29)24(34-26(28)27-35(30,31)21-12-8-5-9-13-21)17-20-14-15-22(32-2)23(16-20)33-18-19-10-6-4-7-11-19/h4-17H,3,18H2,1-2H3/b24-17-,27-26+. The Morgan fingerprint density at radius 2 is 1.66 bits per heavy atom. The van der Waals surface area contributed by atoms with Gasteiger partial charge in [-0.15, -0.1) is 4.40 Å². The number of benzene rings is 3. The van der Waals surface area contributed by atoms with Crippen molar-refractivity contribution < 1.29 is 22.7 Å². The maximum absolute atomic E-state index is 13.0. The van der Waals surface area contributed by atoms with E-state index in [1.54, 1.807) is 56.5 Å². The topological polar surface area (TPSA) is 85.3 Å². The van der Waals surface area contributed by atoms with Crippen LogP contribution in [0.4, 0.5) is 0 Å². The zero-order valence-corrected chi connectivity index (χ0v) is 20.9. The smallest absolute Gasteiger partial charge is 0.284 e. The van der Waals surface area contributed by atoms with Crippen molar-refractivity contribution in [3.8, 4) is 11.5 Å². The van der Waals surface area contributed by atoms with Gasteiger partial charge >= 0.3 is 0 Å². The zero-order valence-electron chi connectivity index (χ0n) is 19.2. The van der Waals surface area contributed by atoms with E-state index in [0.29, 0.717) is 35.1 Å². The van der Waals surface area contributed by atoms with Crippen LogP contribution in [0.1, 0.15) is 18.1 Å². The molecule has 4 rings (SSSR count). The molecule has 1 heterocycles. The Kier molecular flexibility index (Phi) is 7.57. The predicted molar refractivity (Wildman–Crippen MR) is 138 cm³/mol. The van der Waals surface area contributed by atoms with Crippen LogP contribution in [0.25, 0.3) is 6.08 Å². The number of sulfonamides is 1. The second-order valence-corrected chi connectivity index (χ2v) is 10.1. The highest BCUT2D eigenvalue weighted by Gasteiger charge is 2.34. The molecule has 180 valence electrons. The molecule has 0 bridgehead atoms. The third-order valence-corrected chi connectivity index (χ3v) is 7.57. The van der Waals surface area contributed by atoms with Gasteiger partial charge in [0.1, 0.15) is 6.61 Å². The number of carbonyl (C=O) groups is 1. The quantitative estimate of drug-likeness (QED) is 0.400. The lowest BCUT2D eigenvalue weighted by atomic mass is 10.1. The Labute approximate surface area is 209 Å². The SMILES string of the molecule is CCN1C(=O)/C(=C/c2ccc(OC)c(OCc3ccccc3)c2)S/C1=N/S(=O)(=O)c1ccccc1. The van der Waals surface area contributed by atoms with Gasteiger partial charge in [0.15, 0.2) is 16.7 Å². The van der Waals surface area contributed by atoms with Gasteiger partial charge in [-0.1, -0.05) is 54.6 Å². The molecule has 1 fully saturated rings. The van der Waals surface area contributed by atoms with E-state index in [4.69, 9.17) is 9.47 Å². The van der Waals surface area contributed by atoms with Gasteiger partial charge < -0.3 is 9.47 Å². The Morgan fingerprint density at radius 1 is 0.971 bits per heavy atom. The van der Waals surface area contributed by atoms with Crippen molar-refractivity contribution in [1.29, 1.82) is 0 Å². The van der Waals surface area contributed by atoms with Crippen molar-refractivity contribution in [2.75, 3.05) is 13.7 Å². The highest BCUT2D eigenvalue weighted by Crippen LogP contribution is 2.35. The van der Waals surface area contributed by atoms with Crippen molar-refractivity contribution >= 4 is 38.9 Å². The molecule has 3 aromatic carbocycles. The molecule has 0 spiro atoms. The fourth-order valence-corrected chi connectivity index (χ4v) is 5.65. The number of rotatable bonds is 8. The third kappa shape index (κ3) is 5.75. The summed E-state index contributed by atoms with van der Waals surface area (Å²) in [5.41, 5.74) is 1.73. The molecule has 0 saturated carbocycles. The van der Waals surface area contributed by atoms with Crippen LogP contribution in [0.15, 0.2) is 93.1 Å². The minimum atomic E-state index is -3.95. The third-order valence-electron chi connectivity index (χ3n) is 5.17. The number of likely N-dealkylation sites (N-methyl/N-ethyl adjacent to an activating group) is 1. The summed E-state index contributed by atoms with van der Waals surface area (Å²) in [6.45, 7) is 2.43. The fourth-order valence-electron chi connectivity index (χ4n) is 3.39. The number of hydrogen-bond acceptors (Lipinski definition) is 6. The van der Waals surface area contributed by atoms with Gasteiger partial charge in [0.2, 0.25) is 0 Å². The highest BCUT2D eigenvalue weighted by molar-refractivity contribution is 8.19. The summed E-state index contributed by atoms with van der Waals surface area (Å²) in [6, 6.07) is 23.1. The van der Waals surface area contributed by atoms with Gasteiger partial charge in [-0.3, -0.25) is 9.69 Å². The van der Waals surface area contributed by atoms with Crippen LogP contribution in [-0.4, -0.2) is 38.0 Å². The van der Waals surface area contributed by atoms with E-state index in [2.05, 4.69) is 4.40 Å². The summed E-state index contributed by atoms with van der Waals surface area (Å²) in [7, 11) is -2.38. The van der Waals surface area contributed by atoms with Crippen LogP contribution < -0.4 is 9.47 Å². The van der Waals surface area contributed by atoms with E-state index in [9.17, 15) is 13.2 Å². The molecule has 0 aliphatic carbocycles. The lowest BCUT2D eigenvalue weighted by Gasteiger charge is -2.12. The van der Waals surface area contributed by atoms with Crippen molar-refractivity contribution in [3.63, 3.8) is 0 Å². The molecule has 0 radical (unpaired) electrons. The maximum Gasteiger partial charge on any atom is 0.284 e. The Bertz CT molecular complexity index is 1370. The van der Waals surface area contributed by atoms with Crippen LogP contribution in [0.3, 0.4) is 0 Å². The molecule has 35 heavy (non-hydrogen) atoms. The van der Waals surface area contributed by atoms with E-state index < -0.39 is 10.0 Å². The van der Waals surface area contributed by atoms with Crippen LogP contribution in [0, 0.1) is 0 Å². The molecule has 1 amide bonds. The van der Waals surface area contributed by atoms with E-state index in [1.165, 1.54) is 17.0 Å². The normalized spacial score (nSPS) is 16.2. The van der Waals surface area contributed by atoms with Crippen molar-refractivity contribution in [2.24, 2.45) is 4.40 Å². The first-order valence-electron chi connectivity index (χ1n) is 10.9. The Hall–Kier alpha value is -3.56. The minimum Gasteiger partial charge on any atom is -0.493 e. The first-order chi connectivity index (χ1) is 16.9. The second-order valence-electron chi connectivity index (χ2n) is 7.51. The van der Waals surface area contributed by atoms with Gasteiger partial charge in [0.25, 0.3) is 15.9 Å². The van der Waals surface area contributed by atoms with Gasteiger partial charge in [0, 0.05) is 6.54 Å². The number of amides is 1. The molecular formula is C26H24N2O5S2. The van der Waals surface area contributed by atoms with E-state index >= 15 is 0 Å². The van der Waals surface area contributed by atoms with Crippen LogP contribution >= 0.6 is 11.8 Å². The number of carbonyl (C=O) groups excluding carboxylic acids is 1. The molecule has 9 heteroatoms. The molecular weight excluding hydrogens is 484 g/mol. The molecule has 0 aromatic heterocycles. The molecule has 7 nitrogen and oxygen atoms in total. The number of nitrogens with zero attached hydrogens (tertiary/aromatic N) is 2. The largest absolute Gasteiger partial charge is 0.493 e. The van der Waals surface area contributed by atoms with Crippen molar-refractivity contribution in [2.45, 2.75) is 18.4 Å². The average Bonchev–Trinajstić information content (AvgIpc) is 3.16. The summed E-state index contributed by atoms with van der Waals surface area (Å²) < 4.78 is 40.8. The van der Waals surface area contributed by atoms with Gasteiger partial charge in [0.05, 0.1) is 16.9 Å². The zero-order chi connectivity index (χ0) is 24.8. The van der Waals surface area contributed by atoms with Crippen molar-refractivity contribution in [1.82, 2.24) is 4.90 Å². The van der Waals surface area contributed by atoms with Crippen LogP contribution in [0.2, 0.25) is 0 Å². The first kappa shape index (κ1) is 24.6. The van der Waals surface area contributed by atoms with E-state index in [-0.39, 0.29) is 16.0 Å². The summed E-state index contributed by atoms with van der Waals surface area (Å²) in [5, 5.41) is 0.127. The molecule has 3 aromatic rings. The average molecular weight is 509 g/mol. The van der Waals surface area contributed by atoms with Crippen LogP contribution in [-0.2, 0) is 21.4 Å². The molecule has 0 unspecified atom stereocenters. The summed E-state index contributed by atoms with van der Waals surface area (Å²) in [4.78, 5) is 14.8. The summed E-state index contributed by atoms with van der Waals surface area (Å²) >= 11 is 1.03. The summed E-state index contributed by atoms with van der Waals surface area (Å²) in [5.74, 6) is 0.802. The number of methoxy groups -OCH3 is 1. The summed E-state index contributed by atoms with van der Waals surface area (Å²) in [6.07, 6.45) is 1.70. The second kappa shape index (κ2) is 10.8. The lowest BCUT2D eigenvalue weighted by molar-refractivity contribution is -0.122. The van der Waals surface area contributed by atoms with Crippen molar-refractivity contribution in [3.05, 3.63) is 94.9 Å². The Balaban J connectivity index is 1.61. The number of thioether (sulfide) groups is 1. The highest BCUT2D eigenvalue weighted by atomic mass is 32.2. The number of amidine groups is 1. The maximum atomic E-state index is 13.0. The lowest BCUT2D eigenvalue weighted by Crippen LogP contribution is -2.29. The predicted octanol–water partition coefficient (Wildman–Crippen LogP) is 4.96. The van der Waals surface area contributed by atoms with Gasteiger partial charge in [-0.2, -0.15) is 8.42 Å². The molecule has 1 aliphatic heterocycles. The van der Waals surface area contributed by atoms with E-state index in [0.717, 1.165) is 17.3 Å². The molecule has 0 N–H and O–H groups in total. The Morgan fingerprint density at radius 3 is 2.31 bits per heavy atom.